The number of carbonyl (C=O) groups excluding carboxylic acids is 2. The molecule has 0 radical (unpaired) electrons. The predicted molar refractivity (Wildman–Crippen MR) is 85.4 cm³/mol. The highest BCUT2D eigenvalue weighted by atomic mass is 16.2. The molecule has 22 heavy (non-hydrogen) atoms. The van der Waals surface area contributed by atoms with Crippen LogP contribution < -0.4 is 5.32 Å². The maximum Gasteiger partial charge on any atom is 0.234 e. The van der Waals surface area contributed by atoms with E-state index in [1.165, 1.54) is 12.8 Å². The first-order chi connectivity index (χ1) is 10.7. The van der Waals surface area contributed by atoms with Gasteiger partial charge in [-0.2, -0.15) is 0 Å². The van der Waals surface area contributed by atoms with Crippen LogP contribution in [-0.4, -0.2) is 60.4 Å². The van der Waals surface area contributed by atoms with E-state index in [-0.39, 0.29) is 11.8 Å². The Morgan fingerprint density at radius 2 is 1.50 bits per heavy atom. The summed E-state index contributed by atoms with van der Waals surface area (Å²) in [5, 5.41) is 3.15. The van der Waals surface area contributed by atoms with Crippen molar-refractivity contribution < 1.29 is 9.59 Å². The van der Waals surface area contributed by atoms with Crippen LogP contribution in [0.2, 0.25) is 0 Å². The second-order valence-electron chi connectivity index (χ2n) is 7.13. The lowest BCUT2D eigenvalue weighted by Crippen LogP contribution is -2.46. The molecule has 5 heteroatoms. The Morgan fingerprint density at radius 1 is 0.864 bits per heavy atom. The molecule has 2 saturated heterocycles. The summed E-state index contributed by atoms with van der Waals surface area (Å²) in [7, 11) is 0. The van der Waals surface area contributed by atoms with E-state index in [4.69, 9.17) is 0 Å². The highest BCUT2D eigenvalue weighted by Gasteiger charge is 2.30. The summed E-state index contributed by atoms with van der Waals surface area (Å²) in [6, 6.07) is 0.404. The SMILES string of the molecule is O=C(CN1CCC(C(=O)N2CCCC2)CC1)NC1CCCC1. The second-order valence-corrected chi connectivity index (χ2v) is 7.13. The van der Waals surface area contributed by atoms with Crippen molar-refractivity contribution in [2.45, 2.75) is 57.4 Å². The largest absolute Gasteiger partial charge is 0.352 e. The van der Waals surface area contributed by atoms with Crippen LogP contribution in [0.5, 0.6) is 0 Å². The minimum absolute atomic E-state index is 0.163. The van der Waals surface area contributed by atoms with Crippen molar-refractivity contribution in [1.29, 1.82) is 0 Å². The number of amides is 2. The fourth-order valence-electron chi connectivity index (χ4n) is 4.08. The molecule has 0 aromatic carbocycles. The van der Waals surface area contributed by atoms with Crippen molar-refractivity contribution in [2.75, 3.05) is 32.7 Å². The first kappa shape index (κ1) is 15.8. The van der Waals surface area contributed by atoms with Gasteiger partial charge in [-0.05, 0) is 51.6 Å². The van der Waals surface area contributed by atoms with E-state index in [0.29, 0.717) is 18.5 Å². The molecule has 3 aliphatic rings. The summed E-state index contributed by atoms with van der Waals surface area (Å²) >= 11 is 0. The molecule has 2 heterocycles. The van der Waals surface area contributed by atoms with E-state index in [2.05, 4.69) is 10.2 Å². The van der Waals surface area contributed by atoms with Crippen LogP contribution in [0.4, 0.5) is 0 Å². The van der Waals surface area contributed by atoms with E-state index in [1.807, 2.05) is 4.90 Å². The second kappa shape index (κ2) is 7.44. The molecule has 2 aliphatic heterocycles. The number of hydrogen-bond acceptors (Lipinski definition) is 3. The van der Waals surface area contributed by atoms with Gasteiger partial charge >= 0.3 is 0 Å². The van der Waals surface area contributed by atoms with Gasteiger partial charge in [-0.25, -0.2) is 0 Å². The van der Waals surface area contributed by atoms with Crippen molar-refractivity contribution in [3.63, 3.8) is 0 Å². The molecule has 0 atom stereocenters. The highest BCUT2D eigenvalue weighted by Crippen LogP contribution is 2.22. The predicted octanol–water partition coefficient (Wildman–Crippen LogP) is 1.38. The summed E-state index contributed by atoms with van der Waals surface area (Å²) in [6.07, 6.45) is 8.90. The maximum atomic E-state index is 12.4. The van der Waals surface area contributed by atoms with Gasteiger partial charge in [0.05, 0.1) is 6.54 Å². The van der Waals surface area contributed by atoms with Crippen molar-refractivity contribution in [1.82, 2.24) is 15.1 Å². The van der Waals surface area contributed by atoms with E-state index in [9.17, 15) is 9.59 Å². The first-order valence-electron chi connectivity index (χ1n) is 9.03. The molecule has 3 fully saturated rings. The van der Waals surface area contributed by atoms with Crippen LogP contribution >= 0.6 is 0 Å². The maximum absolute atomic E-state index is 12.4. The molecule has 1 saturated carbocycles. The Balaban J connectivity index is 1.37. The Labute approximate surface area is 133 Å². The zero-order valence-electron chi connectivity index (χ0n) is 13.6. The molecule has 0 bridgehead atoms. The Kier molecular flexibility index (Phi) is 5.34. The summed E-state index contributed by atoms with van der Waals surface area (Å²) in [5.74, 6) is 0.705. The van der Waals surface area contributed by atoms with Crippen LogP contribution in [0.25, 0.3) is 0 Å². The number of likely N-dealkylation sites (tertiary alicyclic amines) is 2. The van der Waals surface area contributed by atoms with Gasteiger partial charge in [-0.1, -0.05) is 12.8 Å². The number of hydrogen-bond donors (Lipinski definition) is 1. The molecule has 3 rings (SSSR count). The van der Waals surface area contributed by atoms with Crippen molar-refractivity contribution in [3.8, 4) is 0 Å². The lowest BCUT2D eigenvalue weighted by molar-refractivity contribution is -0.136. The normalized spacial score (nSPS) is 24.8. The third-order valence-corrected chi connectivity index (χ3v) is 5.44. The van der Waals surface area contributed by atoms with Gasteiger partial charge in [-0.15, -0.1) is 0 Å². The molecular formula is C17H29N3O2. The molecule has 124 valence electrons. The first-order valence-corrected chi connectivity index (χ1v) is 9.03. The molecule has 1 N–H and O–H groups in total. The lowest BCUT2D eigenvalue weighted by atomic mass is 9.95. The van der Waals surface area contributed by atoms with E-state index >= 15 is 0 Å². The number of piperidine rings is 1. The third-order valence-electron chi connectivity index (χ3n) is 5.44. The summed E-state index contributed by atoms with van der Waals surface area (Å²) in [6.45, 7) is 4.15. The minimum Gasteiger partial charge on any atom is -0.352 e. The van der Waals surface area contributed by atoms with Gasteiger partial charge in [0.1, 0.15) is 0 Å². The highest BCUT2D eigenvalue weighted by molar-refractivity contribution is 5.80. The van der Waals surface area contributed by atoms with Gasteiger partial charge in [0.25, 0.3) is 0 Å². The molecule has 0 spiro atoms. The third kappa shape index (κ3) is 4.00. The van der Waals surface area contributed by atoms with Crippen LogP contribution in [0.1, 0.15) is 51.4 Å². The van der Waals surface area contributed by atoms with Crippen LogP contribution in [-0.2, 0) is 9.59 Å². The summed E-state index contributed by atoms with van der Waals surface area (Å²) < 4.78 is 0. The van der Waals surface area contributed by atoms with E-state index < -0.39 is 0 Å². The van der Waals surface area contributed by atoms with Crippen LogP contribution in [0.15, 0.2) is 0 Å². The smallest absolute Gasteiger partial charge is 0.234 e. The zero-order chi connectivity index (χ0) is 15.4. The average molecular weight is 307 g/mol. The molecule has 5 nitrogen and oxygen atoms in total. The summed E-state index contributed by atoms with van der Waals surface area (Å²) in [4.78, 5) is 28.7. The van der Waals surface area contributed by atoms with Crippen molar-refractivity contribution in [2.24, 2.45) is 5.92 Å². The van der Waals surface area contributed by atoms with Crippen LogP contribution in [0, 0.1) is 5.92 Å². The van der Waals surface area contributed by atoms with Crippen molar-refractivity contribution in [3.05, 3.63) is 0 Å². The Hall–Kier alpha value is -1.10. The quantitative estimate of drug-likeness (QED) is 0.854. The van der Waals surface area contributed by atoms with E-state index in [1.54, 1.807) is 0 Å². The van der Waals surface area contributed by atoms with Crippen LogP contribution in [0.3, 0.4) is 0 Å². The lowest BCUT2D eigenvalue weighted by Gasteiger charge is -2.32. The Morgan fingerprint density at radius 3 is 2.14 bits per heavy atom. The number of rotatable bonds is 4. The fraction of sp³-hybridized carbons (Fsp3) is 0.882. The molecule has 0 unspecified atom stereocenters. The standard InChI is InChI=1S/C17H29N3O2/c21-16(18-15-5-1-2-6-15)13-19-11-7-14(8-12-19)17(22)20-9-3-4-10-20/h14-15H,1-13H2,(H,18,21). The number of nitrogens with zero attached hydrogens (tertiary/aromatic N) is 2. The molecule has 0 aromatic heterocycles. The van der Waals surface area contributed by atoms with Gasteiger partial charge in [-0.3, -0.25) is 14.5 Å². The minimum atomic E-state index is 0.163. The molecule has 2 amide bonds. The van der Waals surface area contributed by atoms with Gasteiger partial charge in [0, 0.05) is 25.0 Å². The topological polar surface area (TPSA) is 52.7 Å². The monoisotopic (exact) mass is 307 g/mol. The molecular weight excluding hydrogens is 278 g/mol. The van der Waals surface area contributed by atoms with Gasteiger partial charge in [0.15, 0.2) is 0 Å². The van der Waals surface area contributed by atoms with Gasteiger partial charge < -0.3 is 10.2 Å². The fourth-order valence-corrected chi connectivity index (χ4v) is 4.08. The summed E-state index contributed by atoms with van der Waals surface area (Å²) in [5.41, 5.74) is 0. The van der Waals surface area contributed by atoms with Gasteiger partial charge in [0.2, 0.25) is 11.8 Å². The zero-order valence-corrected chi connectivity index (χ0v) is 13.6. The number of carbonyl (C=O) groups is 2. The molecule has 0 aromatic rings. The van der Waals surface area contributed by atoms with E-state index in [0.717, 1.165) is 64.7 Å². The molecule has 1 aliphatic carbocycles. The van der Waals surface area contributed by atoms with Crippen molar-refractivity contribution >= 4 is 11.8 Å². The number of nitrogens with one attached hydrogen (secondary N) is 1. The average Bonchev–Trinajstić information content (AvgIpc) is 3.20. The Bertz CT molecular complexity index is 393.